The molecule has 2 aliphatic rings. The second-order valence-electron chi connectivity index (χ2n) is 7.40. The monoisotopic (exact) mass is 388 g/mol. The molecule has 142 valence electrons. The highest BCUT2D eigenvalue weighted by Crippen LogP contribution is 2.41. The summed E-state index contributed by atoms with van der Waals surface area (Å²) < 4.78 is 17.0. The third-order valence-electron chi connectivity index (χ3n) is 5.60. The molecule has 0 unspecified atom stereocenters. The fourth-order valence-electron chi connectivity index (χ4n) is 4.11. The molecule has 2 saturated heterocycles. The Hall–Kier alpha value is -2.35. The second-order valence-corrected chi connectivity index (χ2v) is 8.16. The molecule has 6 nitrogen and oxygen atoms in total. The van der Waals surface area contributed by atoms with Crippen molar-refractivity contribution in [3.05, 3.63) is 46.2 Å². The SMILES string of the molecule is Cc1nnsc1C(=O)N1CC[C@]2(CCCN(Cc3ccc(F)cc3)C2=O)C1. The normalized spacial score (nSPS) is 22.7. The number of aryl methyl sites for hydroxylation is 1. The van der Waals surface area contributed by atoms with Gasteiger partial charge in [0, 0.05) is 26.2 Å². The molecule has 1 spiro atoms. The Morgan fingerprint density at radius 3 is 2.74 bits per heavy atom. The van der Waals surface area contributed by atoms with Gasteiger partial charge in [0.15, 0.2) is 0 Å². The number of hydrogen-bond acceptors (Lipinski definition) is 5. The minimum absolute atomic E-state index is 0.0807. The van der Waals surface area contributed by atoms with Gasteiger partial charge in [-0.05, 0) is 55.4 Å². The third kappa shape index (κ3) is 3.34. The number of carbonyl (C=O) groups excluding carboxylic acids is 2. The Kier molecular flexibility index (Phi) is 4.67. The second kappa shape index (κ2) is 6.99. The number of aromatic nitrogens is 2. The zero-order valence-electron chi connectivity index (χ0n) is 15.2. The van der Waals surface area contributed by atoms with E-state index in [4.69, 9.17) is 0 Å². The Bertz CT molecular complexity index is 869. The van der Waals surface area contributed by atoms with Gasteiger partial charge in [-0.2, -0.15) is 0 Å². The van der Waals surface area contributed by atoms with Crippen molar-refractivity contribution in [3.63, 3.8) is 0 Å². The third-order valence-corrected chi connectivity index (χ3v) is 6.41. The number of nitrogens with zero attached hydrogens (tertiary/aromatic N) is 4. The summed E-state index contributed by atoms with van der Waals surface area (Å²) in [6.45, 7) is 3.98. The first-order chi connectivity index (χ1) is 13.0. The van der Waals surface area contributed by atoms with Crippen molar-refractivity contribution in [1.82, 2.24) is 19.4 Å². The Morgan fingerprint density at radius 1 is 1.26 bits per heavy atom. The van der Waals surface area contributed by atoms with E-state index in [2.05, 4.69) is 9.59 Å². The number of rotatable bonds is 3. The van der Waals surface area contributed by atoms with E-state index < -0.39 is 5.41 Å². The van der Waals surface area contributed by atoms with Gasteiger partial charge in [-0.25, -0.2) is 4.39 Å². The summed E-state index contributed by atoms with van der Waals surface area (Å²) in [6, 6.07) is 6.27. The van der Waals surface area contributed by atoms with E-state index in [0.29, 0.717) is 43.2 Å². The molecule has 2 fully saturated rings. The van der Waals surface area contributed by atoms with Gasteiger partial charge >= 0.3 is 0 Å². The van der Waals surface area contributed by atoms with Gasteiger partial charge in [0.2, 0.25) is 5.91 Å². The Balaban J connectivity index is 1.48. The average molecular weight is 388 g/mol. The zero-order chi connectivity index (χ0) is 19.0. The van der Waals surface area contributed by atoms with Crippen LogP contribution >= 0.6 is 11.5 Å². The van der Waals surface area contributed by atoms with Crippen molar-refractivity contribution >= 4 is 23.3 Å². The molecule has 0 bridgehead atoms. The fraction of sp³-hybridized carbons (Fsp3) is 0.474. The summed E-state index contributed by atoms with van der Waals surface area (Å²) in [5.74, 6) is -0.256. The van der Waals surface area contributed by atoms with Crippen LogP contribution in [0, 0.1) is 18.2 Å². The minimum Gasteiger partial charge on any atom is -0.338 e. The zero-order valence-corrected chi connectivity index (χ0v) is 16.0. The van der Waals surface area contributed by atoms with E-state index in [9.17, 15) is 14.0 Å². The van der Waals surface area contributed by atoms with E-state index in [1.54, 1.807) is 24.0 Å². The highest BCUT2D eigenvalue weighted by Gasteiger charge is 2.49. The molecule has 8 heteroatoms. The van der Waals surface area contributed by atoms with Crippen molar-refractivity contribution in [1.29, 1.82) is 0 Å². The molecule has 2 amide bonds. The van der Waals surface area contributed by atoms with Crippen molar-refractivity contribution in [2.24, 2.45) is 5.41 Å². The topological polar surface area (TPSA) is 66.4 Å². The molecular formula is C19H21FN4O2S. The van der Waals surface area contributed by atoms with Crippen LogP contribution in [0.25, 0.3) is 0 Å². The van der Waals surface area contributed by atoms with Crippen LogP contribution in [0.4, 0.5) is 4.39 Å². The van der Waals surface area contributed by atoms with Crippen LogP contribution in [0.15, 0.2) is 24.3 Å². The van der Waals surface area contributed by atoms with E-state index in [1.807, 2.05) is 4.90 Å². The molecule has 1 aromatic carbocycles. The lowest BCUT2D eigenvalue weighted by molar-refractivity contribution is -0.146. The number of hydrogen-bond donors (Lipinski definition) is 0. The first-order valence-corrected chi connectivity index (χ1v) is 9.88. The van der Waals surface area contributed by atoms with Gasteiger partial charge in [-0.3, -0.25) is 9.59 Å². The lowest BCUT2D eigenvalue weighted by Gasteiger charge is -2.39. The maximum absolute atomic E-state index is 13.2. The fourth-order valence-corrected chi connectivity index (χ4v) is 4.73. The lowest BCUT2D eigenvalue weighted by atomic mass is 9.78. The number of carbonyl (C=O) groups is 2. The highest BCUT2D eigenvalue weighted by atomic mass is 32.1. The molecule has 0 radical (unpaired) electrons. The average Bonchev–Trinajstić information content (AvgIpc) is 3.28. The van der Waals surface area contributed by atoms with Gasteiger partial charge in [0.25, 0.3) is 5.91 Å². The number of amides is 2. The van der Waals surface area contributed by atoms with Gasteiger partial charge < -0.3 is 9.80 Å². The molecule has 0 saturated carbocycles. The molecule has 3 heterocycles. The number of halogens is 1. The van der Waals surface area contributed by atoms with Crippen LogP contribution in [0.2, 0.25) is 0 Å². The number of likely N-dealkylation sites (tertiary alicyclic amines) is 2. The summed E-state index contributed by atoms with van der Waals surface area (Å²) in [4.78, 5) is 30.2. The van der Waals surface area contributed by atoms with E-state index >= 15 is 0 Å². The highest BCUT2D eigenvalue weighted by molar-refractivity contribution is 7.07. The lowest BCUT2D eigenvalue weighted by Crippen LogP contribution is -2.50. The van der Waals surface area contributed by atoms with E-state index in [0.717, 1.165) is 29.9 Å². The number of benzene rings is 1. The van der Waals surface area contributed by atoms with Gasteiger partial charge in [0.1, 0.15) is 10.7 Å². The summed E-state index contributed by atoms with van der Waals surface area (Å²) in [5.41, 5.74) is 1.05. The molecule has 1 atom stereocenters. The van der Waals surface area contributed by atoms with Gasteiger partial charge in [0.05, 0.1) is 11.1 Å². The van der Waals surface area contributed by atoms with Crippen LogP contribution in [0.3, 0.4) is 0 Å². The largest absolute Gasteiger partial charge is 0.338 e. The maximum Gasteiger partial charge on any atom is 0.267 e. The molecule has 1 aromatic heterocycles. The van der Waals surface area contributed by atoms with Crippen molar-refractivity contribution in [2.45, 2.75) is 32.7 Å². The van der Waals surface area contributed by atoms with E-state index in [-0.39, 0.29) is 17.6 Å². The molecular weight excluding hydrogens is 367 g/mol. The predicted octanol–water partition coefficient (Wildman–Crippen LogP) is 2.64. The van der Waals surface area contributed by atoms with Crippen molar-refractivity contribution < 1.29 is 14.0 Å². The van der Waals surface area contributed by atoms with Gasteiger partial charge in [-0.1, -0.05) is 16.6 Å². The molecule has 2 aromatic rings. The van der Waals surface area contributed by atoms with Crippen LogP contribution in [0.1, 0.15) is 40.2 Å². The van der Waals surface area contributed by atoms with E-state index in [1.165, 1.54) is 12.1 Å². The van der Waals surface area contributed by atoms with Crippen LogP contribution in [-0.4, -0.2) is 50.8 Å². The van der Waals surface area contributed by atoms with Crippen LogP contribution in [-0.2, 0) is 11.3 Å². The number of piperidine rings is 1. The van der Waals surface area contributed by atoms with Crippen LogP contribution < -0.4 is 0 Å². The summed E-state index contributed by atoms with van der Waals surface area (Å²) >= 11 is 1.11. The van der Waals surface area contributed by atoms with Gasteiger partial charge in [-0.15, -0.1) is 5.10 Å². The molecule has 0 N–H and O–H groups in total. The standard InChI is InChI=1S/C19H21FN4O2S/c1-13-16(27-22-21-13)17(25)24-10-8-19(12-24)7-2-9-23(18(19)26)11-14-3-5-15(20)6-4-14/h3-6H,2,7-12H2,1H3/t19-/m1/s1. The quantitative estimate of drug-likeness (QED) is 0.811. The predicted molar refractivity (Wildman–Crippen MR) is 98.7 cm³/mol. The molecule has 27 heavy (non-hydrogen) atoms. The Morgan fingerprint density at radius 2 is 2.04 bits per heavy atom. The minimum atomic E-state index is -0.500. The first kappa shape index (κ1) is 18.0. The summed E-state index contributed by atoms with van der Waals surface area (Å²) in [7, 11) is 0. The maximum atomic E-state index is 13.2. The first-order valence-electron chi connectivity index (χ1n) is 9.11. The van der Waals surface area contributed by atoms with Crippen LogP contribution in [0.5, 0.6) is 0 Å². The Labute approximate surface area is 161 Å². The smallest absolute Gasteiger partial charge is 0.267 e. The van der Waals surface area contributed by atoms with Crippen molar-refractivity contribution in [2.75, 3.05) is 19.6 Å². The summed E-state index contributed by atoms with van der Waals surface area (Å²) in [6.07, 6.45) is 2.40. The molecule has 2 aliphatic heterocycles. The van der Waals surface area contributed by atoms with Crippen molar-refractivity contribution in [3.8, 4) is 0 Å². The summed E-state index contributed by atoms with van der Waals surface area (Å²) in [5, 5.41) is 3.91. The molecule has 0 aliphatic carbocycles. The molecule has 4 rings (SSSR count).